The fraction of sp³-hybridized carbons (Fsp3) is 0.487. The zero-order valence-electron chi connectivity index (χ0n) is 29.8. The number of amides is 2. The summed E-state index contributed by atoms with van der Waals surface area (Å²) in [4.78, 5) is 51.5. The van der Waals surface area contributed by atoms with Crippen molar-refractivity contribution in [3.05, 3.63) is 88.7 Å². The number of aliphatic hydroxyl groups is 2. The first-order chi connectivity index (χ1) is 24.9. The molecule has 2 aromatic rings. The molecule has 0 unspecified atom stereocenters. The maximum Gasteiger partial charge on any atom is 0.338 e. The largest absolute Gasteiger partial charge is 0.499 e. The second-order valence-electron chi connectivity index (χ2n) is 14.1. The average Bonchev–Trinajstić information content (AvgIpc) is 3.65. The average molecular weight is 721 g/mol. The van der Waals surface area contributed by atoms with E-state index in [-0.39, 0.29) is 52.0 Å². The van der Waals surface area contributed by atoms with Crippen LogP contribution in [0.25, 0.3) is 6.08 Å². The lowest BCUT2D eigenvalue weighted by molar-refractivity contribution is -0.172. The highest BCUT2D eigenvalue weighted by Crippen LogP contribution is 2.45. The Bertz CT molecular complexity index is 1620. The van der Waals surface area contributed by atoms with Gasteiger partial charge in [-0.05, 0) is 68.2 Å². The number of esters is 2. The summed E-state index contributed by atoms with van der Waals surface area (Å²) in [6.07, 6.45) is 4.01. The lowest BCUT2D eigenvalue weighted by atomic mass is 9.91. The van der Waals surface area contributed by atoms with Crippen molar-refractivity contribution in [2.45, 2.75) is 95.0 Å². The molecule has 2 aliphatic carbocycles. The van der Waals surface area contributed by atoms with Crippen LogP contribution in [0.5, 0.6) is 0 Å². The maximum absolute atomic E-state index is 13.4. The number of carbonyl (C=O) groups is 4. The van der Waals surface area contributed by atoms with Gasteiger partial charge >= 0.3 is 11.9 Å². The smallest absolute Gasteiger partial charge is 0.338 e. The van der Waals surface area contributed by atoms with Crippen molar-refractivity contribution in [1.29, 1.82) is 0 Å². The third-order valence-electron chi connectivity index (χ3n) is 8.82. The van der Waals surface area contributed by atoms with Crippen molar-refractivity contribution in [1.82, 2.24) is 10.6 Å². The molecule has 4 atom stereocenters. The highest BCUT2D eigenvalue weighted by molar-refractivity contribution is 5.94. The van der Waals surface area contributed by atoms with Gasteiger partial charge in [-0.1, -0.05) is 36.4 Å². The molecule has 13 heteroatoms. The molecule has 1 saturated heterocycles. The van der Waals surface area contributed by atoms with E-state index in [2.05, 4.69) is 10.6 Å². The molecule has 0 radical (unpaired) electrons. The third kappa shape index (κ3) is 10.5. The van der Waals surface area contributed by atoms with Gasteiger partial charge < -0.3 is 44.5 Å². The molecule has 4 N–H and O–H groups in total. The predicted octanol–water partition coefficient (Wildman–Crippen LogP) is 2.91. The van der Waals surface area contributed by atoms with E-state index in [1.165, 1.54) is 6.26 Å². The second-order valence-corrected chi connectivity index (χ2v) is 14.1. The predicted molar refractivity (Wildman–Crippen MR) is 188 cm³/mol. The molecule has 52 heavy (non-hydrogen) atoms. The first-order valence-electron chi connectivity index (χ1n) is 17.6. The minimum atomic E-state index is -0.955. The van der Waals surface area contributed by atoms with Crippen molar-refractivity contribution < 1.29 is 53.1 Å². The molecule has 0 aromatic heterocycles. The number of benzene rings is 2. The number of rotatable bonds is 15. The molecule has 1 aliphatic heterocycles. The van der Waals surface area contributed by atoms with Crippen LogP contribution in [0.2, 0.25) is 0 Å². The molecular weight excluding hydrogens is 672 g/mol. The van der Waals surface area contributed by atoms with E-state index in [0.717, 1.165) is 16.7 Å². The first-order valence-corrected chi connectivity index (χ1v) is 17.6. The van der Waals surface area contributed by atoms with E-state index in [0.29, 0.717) is 24.0 Å². The highest BCUT2D eigenvalue weighted by atomic mass is 16.8. The van der Waals surface area contributed by atoms with E-state index in [1.807, 2.05) is 24.3 Å². The van der Waals surface area contributed by atoms with E-state index in [1.54, 1.807) is 57.2 Å². The van der Waals surface area contributed by atoms with Crippen LogP contribution in [0.1, 0.15) is 73.5 Å². The van der Waals surface area contributed by atoms with Gasteiger partial charge in [-0.2, -0.15) is 0 Å². The maximum atomic E-state index is 13.4. The normalized spacial score (nSPS) is 20.8. The summed E-state index contributed by atoms with van der Waals surface area (Å²) in [5, 5.41) is 24.0. The first kappa shape index (κ1) is 38.7. The summed E-state index contributed by atoms with van der Waals surface area (Å²) in [5.74, 6) is -2.80. The van der Waals surface area contributed by atoms with Crippen LogP contribution in [0.3, 0.4) is 0 Å². The Labute approximate surface area is 303 Å². The van der Waals surface area contributed by atoms with E-state index in [4.69, 9.17) is 28.8 Å². The standard InChI is InChI=1S/C39H48N2O11/c1-38(2,3)51-34(45)13-12-30(24-43)41-33(44)14-16-40-36(46)29-20-31(49-37(47)26-10-8-25(9-11-26)15-18-48-19-17-42)35-32(21-29)50-39(52-35)22-27-6-4-5-7-28(27)23-39/h4-11,15,18,21,30-32,35,42-43H,12-14,16-17,19-20,22-24H2,1-3H3,(H,40,46)(H,41,44)/t30-,31+,32+,35-/m0/s1. The Hall–Kier alpha value is -4.56. The topological polar surface area (TPSA) is 179 Å². The van der Waals surface area contributed by atoms with Gasteiger partial charge in [-0.15, -0.1) is 0 Å². The van der Waals surface area contributed by atoms with Crippen LogP contribution >= 0.6 is 0 Å². The molecule has 0 saturated carbocycles. The Morgan fingerprint density at radius 1 is 1.00 bits per heavy atom. The summed E-state index contributed by atoms with van der Waals surface area (Å²) in [7, 11) is 0. The number of carbonyl (C=O) groups excluding carboxylic acids is 4. The summed E-state index contributed by atoms with van der Waals surface area (Å²) >= 11 is 0. The molecule has 1 heterocycles. The lowest BCUT2D eigenvalue weighted by Gasteiger charge is -2.30. The molecule has 1 spiro atoms. The Kier molecular flexibility index (Phi) is 12.9. The molecule has 2 amide bonds. The van der Waals surface area contributed by atoms with Gasteiger partial charge in [0.25, 0.3) is 0 Å². The second kappa shape index (κ2) is 17.3. The van der Waals surface area contributed by atoms with E-state index >= 15 is 0 Å². The quantitative estimate of drug-likeness (QED) is 0.121. The molecular formula is C39H48N2O11. The number of ether oxygens (including phenoxy) is 5. The van der Waals surface area contributed by atoms with Gasteiger partial charge in [0.05, 0.1) is 31.1 Å². The van der Waals surface area contributed by atoms with E-state index < -0.39 is 59.5 Å². The minimum Gasteiger partial charge on any atom is -0.499 e. The zero-order valence-corrected chi connectivity index (χ0v) is 29.8. The van der Waals surface area contributed by atoms with Crippen molar-refractivity contribution >= 4 is 29.8 Å². The van der Waals surface area contributed by atoms with Crippen LogP contribution in [0.4, 0.5) is 0 Å². The molecule has 3 aliphatic rings. The van der Waals surface area contributed by atoms with Gasteiger partial charge in [0.15, 0.2) is 5.79 Å². The SMILES string of the molecule is CC(C)(C)OC(=O)CC[C@@H](CO)NC(=O)CCNC(=O)C1=C[C@H]2OC3(Cc4ccccc4C3)O[C@H]2[C@H](OC(=O)c2ccc(C=COCCO)cc2)C1. The summed E-state index contributed by atoms with van der Waals surface area (Å²) in [5.41, 5.74) is 3.02. The number of fused-ring (bicyclic) bond motifs is 2. The molecule has 1 fully saturated rings. The lowest BCUT2D eigenvalue weighted by Crippen LogP contribution is -2.44. The van der Waals surface area contributed by atoms with Crippen LogP contribution in [0.15, 0.2) is 66.4 Å². The van der Waals surface area contributed by atoms with Crippen molar-refractivity contribution in [3.8, 4) is 0 Å². The summed E-state index contributed by atoms with van der Waals surface area (Å²) < 4.78 is 29.5. The van der Waals surface area contributed by atoms with Crippen LogP contribution in [0, 0.1) is 0 Å². The van der Waals surface area contributed by atoms with E-state index in [9.17, 15) is 24.3 Å². The molecule has 13 nitrogen and oxygen atoms in total. The Balaban J connectivity index is 1.20. The Morgan fingerprint density at radius 3 is 2.37 bits per heavy atom. The van der Waals surface area contributed by atoms with Gasteiger partial charge in [-0.25, -0.2) is 4.79 Å². The summed E-state index contributed by atoms with van der Waals surface area (Å²) in [6, 6.07) is 14.1. The van der Waals surface area contributed by atoms with Gasteiger partial charge in [-0.3, -0.25) is 14.4 Å². The molecule has 5 rings (SSSR count). The van der Waals surface area contributed by atoms with Gasteiger partial charge in [0.1, 0.15) is 30.5 Å². The fourth-order valence-corrected chi connectivity index (χ4v) is 6.44. The molecule has 280 valence electrons. The molecule has 0 bridgehead atoms. The number of aliphatic hydroxyl groups excluding tert-OH is 2. The van der Waals surface area contributed by atoms with Crippen LogP contribution in [-0.4, -0.2) is 96.1 Å². The van der Waals surface area contributed by atoms with Gasteiger partial charge in [0.2, 0.25) is 11.8 Å². The zero-order chi connectivity index (χ0) is 37.3. The highest BCUT2D eigenvalue weighted by Gasteiger charge is 2.55. The number of hydrogen-bond acceptors (Lipinski definition) is 11. The minimum absolute atomic E-state index is 0.00715. The summed E-state index contributed by atoms with van der Waals surface area (Å²) in [6.45, 7) is 5.02. The van der Waals surface area contributed by atoms with Crippen LogP contribution < -0.4 is 10.6 Å². The van der Waals surface area contributed by atoms with Crippen molar-refractivity contribution in [2.75, 3.05) is 26.4 Å². The Morgan fingerprint density at radius 2 is 1.71 bits per heavy atom. The monoisotopic (exact) mass is 720 g/mol. The van der Waals surface area contributed by atoms with Crippen molar-refractivity contribution in [2.24, 2.45) is 0 Å². The fourth-order valence-electron chi connectivity index (χ4n) is 6.44. The number of hydrogen-bond donors (Lipinski definition) is 4. The molecule has 2 aromatic carbocycles. The van der Waals surface area contributed by atoms with Crippen molar-refractivity contribution in [3.63, 3.8) is 0 Å². The van der Waals surface area contributed by atoms with Gasteiger partial charge in [0, 0.05) is 44.2 Å². The number of nitrogens with one attached hydrogen (secondary N) is 2. The van der Waals surface area contributed by atoms with Crippen LogP contribution in [-0.2, 0) is 50.9 Å². The third-order valence-corrected chi connectivity index (χ3v) is 8.82.